The van der Waals surface area contributed by atoms with Gasteiger partial charge < -0.3 is 9.84 Å². The quantitative estimate of drug-likeness (QED) is 0.586. The Labute approximate surface area is 121 Å². The zero-order valence-corrected chi connectivity index (χ0v) is 12.0. The van der Waals surface area contributed by atoms with Crippen LogP contribution in [0.2, 0.25) is 0 Å². The molecule has 0 unspecified atom stereocenters. The predicted octanol–water partition coefficient (Wildman–Crippen LogP) is 1.63. The molecule has 110 valence electrons. The summed E-state index contributed by atoms with van der Waals surface area (Å²) in [5.74, 6) is 0.936. The summed E-state index contributed by atoms with van der Waals surface area (Å²) < 4.78 is 5.11. The van der Waals surface area contributed by atoms with Crippen LogP contribution in [-0.4, -0.2) is 27.9 Å². The molecule has 0 aliphatic rings. The lowest BCUT2D eigenvalue weighted by Crippen LogP contribution is -2.11. The van der Waals surface area contributed by atoms with Gasteiger partial charge in [-0.05, 0) is 32.0 Å². The minimum atomic E-state index is -0.262. The van der Waals surface area contributed by atoms with Gasteiger partial charge in [0, 0.05) is 17.3 Å². The average Bonchev–Trinajstić information content (AvgIpc) is 2.44. The Hall–Kier alpha value is -2.83. The number of hydrogen-bond acceptors (Lipinski definition) is 6. The average molecular weight is 288 g/mol. The van der Waals surface area contributed by atoms with Gasteiger partial charge in [-0.3, -0.25) is 9.78 Å². The minimum absolute atomic E-state index is 0.0875. The molecule has 1 aromatic carbocycles. The number of benzene rings is 1. The van der Waals surface area contributed by atoms with Gasteiger partial charge >= 0.3 is 0 Å². The number of rotatable bonds is 4. The van der Waals surface area contributed by atoms with Crippen LogP contribution in [0.5, 0.6) is 11.5 Å². The second-order valence-electron chi connectivity index (χ2n) is 4.43. The fraction of sp³-hybridized carbons (Fsp3) is 0.214. The highest BCUT2D eigenvalue weighted by molar-refractivity contribution is 6.01. The molecule has 0 spiro atoms. The van der Waals surface area contributed by atoms with Crippen LogP contribution in [-0.2, 0) is 0 Å². The smallest absolute Gasteiger partial charge is 0.252 e. The summed E-state index contributed by atoms with van der Waals surface area (Å²) in [6.45, 7) is 3.43. The number of aromatic nitrogens is 2. The van der Waals surface area contributed by atoms with Crippen LogP contribution < -0.4 is 15.7 Å². The molecule has 7 nitrogen and oxygen atoms in total. The first-order chi connectivity index (χ1) is 9.99. The van der Waals surface area contributed by atoms with Gasteiger partial charge in [-0.2, -0.15) is 5.10 Å². The van der Waals surface area contributed by atoms with Gasteiger partial charge in [-0.15, -0.1) is 0 Å². The Morgan fingerprint density at radius 1 is 1.43 bits per heavy atom. The lowest BCUT2D eigenvalue weighted by atomic mass is 10.1. The third kappa shape index (κ3) is 3.59. The molecule has 2 aromatic rings. The molecule has 0 amide bonds. The number of aromatic amines is 1. The van der Waals surface area contributed by atoms with E-state index in [0.717, 1.165) is 0 Å². The molecule has 3 N–H and O–H groups in total. The summed E-state index contributed by atoms with van der Waals surface area (Å²) in [6.07, 6.45) is 0. The zero-order valence-electron chi connectivity index (χ0n) is 12.0. The fourth-order valence-electron chi connectivity index (χ4n) is 1.76. The largest absolute Gasteiger partial charge is 0.507 e. The summed E-state index contributed by atoms with van der Waals surface area (Å²) in [5, 5.41) is 14.0. The van der Waals surface area contributed by atoms with E-state index < -0.39 is 0 Å². The zero-order chi connectivity index (χ0) is 15.4. The summed E-state index contributed by atoms with van der Waals surface area (Å²) in [4.78, 5) is 17.9. The molecular weight excluding hydrogens is 272 g/mol. The summed E-state index contributed by atoms with van der Waals surface area (Å²) >= 11 is 0. The monoisotopic (exact) mass is 288 g/mol. The molecule has 1 aromatic heterocycles. The first-order valence-electron chi connectivity index (χ1n) is 6.25. The van der Waals surface area contributed by atoms with Gasteiger partial charge in [0.25, 0.3) is 5.56 Å². The van der Waals surface area contributed by atoms with Gasteiger partial charge in [-0.1, -0.05) is 0 Å². The number of hydrazone groups is 1. The highest BCUT2D eigenvalue weighted by Gasteiger charge is 2.07. The van der Waals surface area contributed by atoms with Gasteiger partial charge in [0.05, 0.1) is 12.8 Å². The molecule has 0 saturated carbocycles. The first-order valence-corrected chi connectivity index (χ1v) is 6.25. The maximum Gasteiger partial charge on any atom is 0.252 e. The fourth-order valence-corrected chi connectivity index (χ4v) is 1.76. The van der Waals surface area contributed by atoms with E-state index in [1.54, 1.807) is 33.1 Å². The molecule has 0 saturated heterocycles. The topological polar surface area (TPSA) is 99.6 Å². The molecule has 0 bridgehead atoms. The van der Waals surface area contributed by atoms with E-state index in [1.165, 1.54) is 12.1 Å². The van der Waals surface area contributed by atoms with Crippen molar-refractivity contribution in [2.75, 3.05) is 12.5 Å². The Balaban J connectivity index is 2.27. The first kappa shape index (κ1) is 14.6. The van der Waals surface area contributed by atoms with Gasteiger partial charge in [0.15, 0.2) is 0 Å². The van der Waals surface area contributed by atoms with Gasteiger partial charge in [0.2, 0.25) is 5.95 Å². The van der Waals surface area contributed by atoms with Crippen LogP contribution in [0.4, 0.5) is 5.95 Å². The standard InChI is InChI=1S/C14H16N4O3/c1-8-6-13(20)16-14(15-8)18-17-9(2)11-7-10(21-3)4-5-12(11)19/h4-7,19H,1-3H3,(H2,15,16,18,20). The number of methoxy groups -OCH3 is 1. The van der Waals surface area contributed by atoms with Crippen molar-refractivity contribution < 1.29 is 9.84 Å². The summed E-state index contributed by atoms with van der Waals surface area (Å²) in [5.41, 5.74) is 4.03. The molecule has 0 aliphatic carbocycles. The molecule has 0 radical (unpaired) electrons. The van der Waals surface area contributed by atoms with E-state index in [1.807, 2.05) is 0 Å². The number of nitrogens with zero attached hydrogens (tertiary/aromatic N) is 2. The number of hydrogen-bond donors (Lipinski definition) is 3. The summed E-state index contributed by atoms with van der Waals surface area (Å²) in [6, 6.07) is 6.23. The maximum absolute atomic E-state index is 11.3. The maximum atomic E-state index is 11.3. The van der Waals surface area contributed by atoms with Gasteiger partial charge in [0.1, 0.15) is 11.5 Å². The molecule has 0 aliphatic heterocycles. The van der Waals surface area contributed by atoms with Crippen molar-refractivity contribution in [2.45, 2.75) is 13.8 Å². The Kier molecular flexibility index (Phi) is 4.22. The normalized spacial score (nSPS) is 11.3. The molecule has 0 fully saturated rings. The van der Waals surface area contributed by atoms with Crippen LogP contribution in [0, 0.1) is 6.92 Å². The van der Waals surface area contributed by atoms with E-state index in [-0.39, 0.29) is 17.3 Å². The highest BCUT2D eigenvalue weighted by atomic mass is 16.5. The van der Waals surface area contributed by atoms with E-state index in [0.29, 0.717) is 22.7 Å². The van der Waals surface area contributed by atoms with Crippen molar-refractivity contribution >= 4 is 11.7 Å². The second-order valence-corrected chi connectivity index (χ2v) is 4.43. The Bertz CT molecular complexity index is 737. The van der Waals surface area contributed by atoms with Crippen molar-refractivity contribution in [1.29, 1.82) is 0 Å². The van der Waals surface area contributed by atoms with E-state index in [2.05, 4.69) is 20.5 Å². The molecule has 7 heteroatoms. The van der Waals surface area contributed by atoms with Crippen LogP contribution in [0.25, 0.3) is 0 Å². The third-order valence-corrected chi connectivity index (χ3v) is 2.79. The van der Waals surface area contributed by atoms with Crippen LogP contribution in [0.1, 0.15) is 18.2 Å². The number of phenols is 1. The van der Waals surface area contributed by atoms with E-state index in [4.69, 9.17) is 4.74 Å². The molecule has 1 heterocycles. The van der Waals surface area contributed by atoms with Crippen molar-refractivity contribution in [3.63, 3.8) is 0 Å². The molecular formula is C14H16N4O3. The molecule has 0 atom stereocenters. The van der Waals surface area contributed by atoms with Crippen molar-refractivity contribution in [1.82, 2.24) is 9.97 Å². The lowest BCUT2D eigenvalue weighted by molar-refractivity contribution is 0.412. The van der Waals surface area contributed by atoms with Crippen molar-refractivity contribution in [2.24, 2.45) is 5.10 Å². The van der Waals surface area contributed by atoms with E-state index >= 15 is 0 Å². The van der Waals surface area contributed by atoms with Crippen LogP contribution >= 0.6 is 0 Å². The number of phenolic OH excluding ortho intramolecular Hbond substituents is 1. The van der Waals surface area contributed by atoms with E-state index in [9.17, 15) is 9.90 Å². The SMILES string of the molecule is COc1ccc(O)c(C(C)=NNc2nc(C)cc(=O)[nH]2)c1. The lowest BCUT2D eigenvalue weighted by Gasteiger charge is -2.07. The minimum Gasteiger partial charge on any atom is -0.507 e. The number of aromatic hydroxyl groups is 1. The molecule has 2 rings (SSSR count). The Morgan fingerprint density at radius 2 is 2.19 bits per heavy atom. The van der Waals surface area contributed by atoms with Crippen molar-refractivity contribution in [3.8, 4) is 11.5 Å². The summed E-state index contributed by atoms with van der Waals surface area (Å²) in [7, 11) is 1.54. The number of H-pyrrole nitrogens is 1. The third-order valence-electron chi connectivity index (χ3n) is 2.79. The molecule has 21 heavy (non-hydrogen) atoms. The number of nitrogens with one attached hydrogen (secondary N) is 2. The van der Waals surface area contributed by atoms with Crippen LogP contribution in [0.3, 0.4) is 0 Å². The number of ether oxygens (including phenoxy) is 1. The van der Waals surface area contributed by atoms with Crippen LogP contribution in [0.15, 0.2) is 34.2 Å². The van der Waals surface area contributed by atoms with Crippen molar-refractivity contribution in [3.05, 3.63) is 45.9 Å². The second kappa shape index (κ2) is 6.08. The highest BCUT2D eigenvalue weighted by Crippen LogP contribution is 2.23. The number of aryl methyl sites for hydroxylation is 1. The Morgan fingerprint density at radius 3 is 2.86 bits per heavy atom. The van der Waals surface area contributed by atoms with Gasteiger partial charge in [-0.25, -0.2) is 10.4 Å². The predicted molar refractivity (Wildman–Crippen MR) is 80.1 cm³/mol. The number of anilines is 1.